The van der Waals surface area contributed by atoms with E-state index in [1.165, 1.54) is 0 Å². The van der Waals surface area contributed by atoms with Gasteiger partial charge >= 0.3 is 5.97 Å². The van der Waals surface area contributed by atoms with Crippen molar-refractivity contribution in [2.75, 3.05) is 7.11 Å². The van der Waals surface area contributed by atoms with Crippen molar-refractivity contribution in [1.29, 1.82) is 0 Å². The molecule has 146 valence electrons. The van der Waals surface area contributed by atoms with Crippen LogP contribution in [0.3, 0.4) is 0 Å². The lowest BCUT2D eigenvalue weighted by molar-refractivity contribution is -0.136. The number of benzene rings is 2. The van der Waals surface area contributed by atoms with Crippen LogP contribution in [0.15, 0.2) is 53.7 Å². The van der Waals surface area contributed by atoms with E-state index in [0.717, 1.165) is 34.5 Å². The maximum atomic E-state index is 11.3. The minimum Gasteiger partial charge on any atom is -0.497 e. The first-order valence-electron chi connectivity index (χ1n) is 8.65. The molecule has 0 saturated carbocycles. The Balaban J connectivity index is 1.91. The number of aryl methyl sites for hydroxylation is 1. The second-order valence-electron chi connectivity index (χ2n) is 6.14. The summed E-state index contributed by atoms with van der Waals surface area (Å²) in [6.45, 7) is 3.81. The highest BCUT2D eigenvalue weighted by atomic mass is 32.2. The molecule has 8 heteroatoms. The van der Waals surface area contributed by atoms with E-state index in [4.69, 9.17) is 9.47 Å². The summed E-state index contributed by atoms with van der Waals surface area (Å²) < 4.78 is 12.9. The Labute approximate surface area is 167 Å². The van der Waals surface area contributed by atoms with Crippen LogP contribution in [0.25, 0.3) is 5.69 Å². The predicted molar refractivity (Wildman–Crippen MR) is 106 cm³/mol. The average molecular weight is 399 g/mol. The summed E-state index contributed by atoms with van der Waals surface area (Å²) in [5.41, 5.74) is 1.90. The van der Waals surface area contributed by atoms with Crippen molar-refractivity contribution in [1.82, 2.24) is 14.8 Å². The van der Waals surface area contributed by atoms with E-state index in [1.54, 1.807) is 18.6 Å². The molecular weight excluding hydrogens is 378 g/mol. The lowest BCUT2D eigenvalue weighted by Gasteiger charge is -2.13. The number of thioether (sulfide) groups is 1. The van der Waals surface area contributed by atoms with Crippen molar-refractivity contribution in [3.63, 3.8) is 0 Å². The van der Waals surface area contributed by atoms with Gasteiger partial charge in [0.1, 0.15) is 23.4 Å². The summed E-state index contributed by atoms with van der Waals surface area (Å²) >= 11 is 1.13. The molecule has 0 spiro atoms. The van der Waals surface area contributed by atoms with E-state index in [2.05, 4.69) is 10.2 Å². The van der Waals surface area contributed by atoms with Gasteiger partial charge in [0.15, 0.2) is 11.0 Å². The number of methoxy groups -OCH3 is 1. The topological polar surface area (TPSA) is 86.5 Å². The molecule has 0 amide bonds. The molecule has 0 bridgehead atoms. The maximum absolute atomic E-state index is 11.3. The smallest absolute Gasteiger partial charge is 0.316 e. The van der Waals surface area contributed by atoms with Gasteiger partial charge in [-0.3, -0.25) is 9.36 Å². The van der Waals surface area contributed by atoms with E-state index < -0.39 is 11.2 Å². The number of carbonyl (C=O) groups is 1. The third kappa shape index (κ3) is 4.64. The van der Waals surface area contributed by atoms with Gasteiger partial charge in [0.2, 0.25) is 0 Å². The van der Waals surface area contributed by atoms with Crippen LogP contribution in [0.4, 0.5) is 0 Å². The van der Waals surface area contributed by atoms with Gasteiger partial charge in [-0.2, -0.15) is 0 Å². The van der Waals surface area contributed by atoms with Crippen LogP contribution < -0.4 is 9.47 Å². The summed E-state index contributed by atoms with van der Waals surface area (Å²) in [6.07, 6.45) is 0. The maximum Gasteiger partial charge on any atom is 0.316 e. The second kappa shape index (κ2) is 8.79. The third-order valence-electron chi connectivity index (χ3n) is 4.02. The molecule has 0 radical (unpaired) electrons. The first-order valence-corrected chi connectivity index (χ1v) is 9.53. The monoisotopic (exact) mass is 399 g/mol. The Morgan fingerprint density at radius 2 is 1.93 bits per heavy atom. The molecule has 28 heavy (non-hydrogen) atoms. The van der Waals surface area contributed by atoms with Gasteiger partial charge in [0.05, 0.1) is 7.11 Å². The second-order valence-corrected chi connectivity index (χ2v) is 7.44. The Morgan fingerprint density at radius 1 is 1.18 bits per heavy atom. The number of carboxylic acids is 1. The first kappa shape index (κ1) is 19.8. The molecule has 3 rings (SSSR count). The van der Waals surface area contributed by atoms with Crippen LogP contribution in [0, 0.1) is 6.92 Å². The van der Waals surface area contributed by atoms with Crippen LogP contribution in [-0.2, 0) is 11.4 Å². The standard InChI is InChI=1S/C20H21N3O4S/c1-13-5-4-6-17(11-13)27-12-18-21-22-20(28-14(2)19(24)25)23(18)15-7-9-16(26-3)10-8-15/h4-11,14H,12H2,1-3H3,(H,24,25). The lowest BCUT2D eigenvalue weighted by Crippen LogP contribution is -2.13. The van der Waals surface area contributed by atoms with E-state index >= 15 is 0 Å². The van der Waals surface area contributed by atoms with Crippen molar-refractivity contribution in [2.45, 2.75) is 30.9 Å². The van der Waals surface area contributed by atoms with Gasteiger partial charge in [0, 0.05) is 5.69 Å². The molecule has 1 aromatic heterocycles. The predicted octanol–water partition coefficient (Wildman–Crippen LogP) is 3.73. The highest BCUT2D eigenvalue weighted by Gasteiger charge is 2.21. The molecular formula is C20H21N3O4S. The zero-order chi connectivity index (χ0) is 20.1. The molecule has 1 unspecified atom stereocenters. The molecule has 1 heterocycles. The van der Waals surface area contributed by atoms with Crippen LogP contribution in [0.2, 0.25) is 0 Å². The highest BCUT2D eigenvalue weighted by molar-refractivity contribution is 8.00. The molecule has 0 saturated heterocycles. The largest absolute Gasteiger partial charge is 0.497 e. The first-order chi connectivity index (χ1) is 13.5. The van der Waals surface area contributed by atoms with E-state index in [0.29, 0.717) is 11.0 Å². The number of ether oxygens (including phenoxy) is 2. The molecule has 0 aliphatic carbocycles. The summed E-state index contributed by atoms with van der Waals surface area (Å²) in [4.78, 5) is 11.3. The van der Waals surface area contributed by atoms with Crippen molar-refractivity contribution in [3.05, 3.63) is 59.9 Å². The zero-order valence-corrected chi connectivity index (χ0v) is 16.6. The Kier molecular flexibility index (Phi) is 6.20. The average Bonchev–Trinajstić information content (AvgIpc) is 3.08. The normalized spacial score (nSPS) is 11.8. The van der Waals surface area contributed by atoms with E-state index in [-0.39, 0.29) is 6.61 Å². The molecule has 0 aliphatic rings. The number of aromatic nitrogens is 3. The van der Waals surface area contributed by atoms with Gasteiger partial charge in [-0.15, -0.1) is 10.2 Å². The quantitative estimate of drug-likeness (QED) is 0.578. The number of aliphatic carboxylic acids is 1. The van der Waals surface area contributed by atoms with Gasteiger partial charge in [-0.25, -0.2) is 0 Å². The summed E-state index contributed by atoms with van der Waals surface area (Å²) in [5.74, 6) is 1.12. The van der Waals surface area contributed by atoms with Crippen molar-refractivity contribution in [2.24, 2.45) is 0 Å². The fourth-order valence-corrected chi connectivity index (χ4v) is 3.34. The van der Waals surface area contributed by atoms with Crippen LogP contribution in [-0.4, -0.2) is 38.2 Å². The number of carboxylic acid groups (broad SMARTS) is 1. The summed E-state index contributed by atoms with van der Waals surface area (Å²) in [6, 6.07) is 15.1. The van der Waals surface area contributed by atoms with Gasteiger partial charge in [0.25, 0.3) is 0 Å². The van der Waals surface area contributed by atoms with Crippen LogP contribution >= 0.6 is 11.8 Å². The molecule has 1 N–H and O–H groups in total. The molecule has 7 nitrogen and oxygen atoms in total. The fourth-order valence-electron chi connectivity index (χ4n) is 2.52. The molecule has 3 aromatic rings. The highest BCUT2D eigenvalue weighted by Crippen LogP contribution is 2.27. The molecule has 0 fully saturated rings. The van der Waals surface area contributed by atoms with Crippen molar-refractivity contribution >= 4 is 17.7 Å². The number of nitrogens with zero attached hydrogens (tertiary/aromatic N) is 3. The Hall–Kier alpha value is -3.00. The fraction of sp³-hybridized carbons (Fsp3) is 0.250. The number of rotatable bonds is 8. The third-order valence-corrected chi connectivity index (χ3v) is 5.05. The van der Waals surface area contributed by atoms with Crippen molar-refractivity contribution < 1.29 is 19.4 Å². The van der Waals surface area contributed by atoms with Gasteiger partial charge in [-0.1, -0.05) is 23.9 Å². The van der Waals surface area contributed by atoms with E-state index in [9.17, 15) is 9.90 Å². The number of hydrogen-bond acceptors (Lipinski definition) is 6. The Morgan fingerprint density at radius 3 is 2.57 bits per heavy atom. The minimum atomic E-state index is -0.910. The van der Waals surface area contributed by atoms with Gasteiger partial charge < -0.3 is 14.6 Å². The van der Waals surface area contributed by atoms with Crippen LogP contribution in [0.5, 0.6) is 11.5 Å². The lowest BCUT2D eigenvalue weighted by atomic mass is 10.2. The summed E-state index contributed by atoms with van der Waals surface area (Å²) in [5, 5.41) is 17.5. The molecule has 0 aliphatic heterocycles. The van der Waals surface area contributed by atoms with E-state index in [1.807, 2.05) is 55.5 Å². The minimum absolute atomic E-state index is 0.199. The van der Waals surface area contributed by atoms with Crippen LogP contribution in [0.1, 0.15) is 18.3 Å². The van der Waals surface area contributed by atoms with Gasteiger partial charge in [-0.05, 0) is 55.8 Å². The summed E-state index contributed by atoms with van der Waals surface area (Å²) in [7, 11) is 1.60. The SMILES string of the molecule is COc1ccc(-n2c(COc3cccc(C)c3)nnc2SC(C)C(=O)O)cc1. The molecule has 2 aromatic carbocycles. The zero-order valence-electron chi connectivity index (χ0n) is 15.8. The Bertz CT molecular complexity index is 956. The van der Waals surface area contributed by atoms with Crippen molar-refractivity contribution in [3.8, 4) is 17.2 Å². The number of hydrogen-bond donors (Lipinski definition) is 1. The molecule has 1 atom stereocenters.